The van der Waals surface area contributed by atoms with Crippen LogP contribution in [0.15, 0.2) is 30.3 Å². The summed E-state index contributed by atoms with van der Waals surface area (Å²) in [5, 5.41) is 0. The van der Waals surface area contributed by atoms with Gasteiger partial charge < -0.3 is 4.74 Å². The third-order valence-corrected chi connectivity index (χ3v) is 4.78. The fourth-order valence-corrected chi connectivity index (χ4v) is 4.05. The number of carbonyl (C=O) groups excluding carboxylic acids is 1. The smallest absolute Gasteiger partial charge is 0.316 e. The fourth-order valence-electron chi connectivity index (χ4n) is 4.05. The predicted molar refractivity (Wildman–Crippen MR) is 70.2 cm³/mol. The zero-order valence-corrected chi connectivity index (χ0v) is 10.9. The van der Waals surface area contributed by atoms with Gasteiger partial charge in [0.25, 0.3) is 0 Å². The maximum atomic E-state index is 12.5. The molecule has 2 saturated carbocycles. The Balaban J connectivity index is 2.02. The van der Waals surface area contributed by atoms with Crippen molar-refractivity contribution in [3.63, 3.8) is 0 Å². The average Bonchev–Trinajstić information content (AvgIpc) is 3.01. The molecule has 2 aliphatic rings. The Kier molecular flexibility index (Phi) is 2.89. The maximum Gasteiger partial charge on any atom is 0.316 e. The minimum absolute atomic E-state index is 0.00315. The molecule has 0 saturated heterocycles. The van der Waals surface area contributed by atoms with Gasteiger partial charge in [-0.25, -0.2) is 0 Å². The molecule has 0 heterocycles. The van der Waals surface area contributed by atoms with E-state index in [0.717, 1.165) is 17.9 Å². The Morgan fingerprint density at radius 3 is 2.67 bits per heavy atom. The summed E-state index contributed by atoms with van der Waals surface area (Å²) in [5.74, 6) is 1.21. The van der Waals surface area contributed by atoms with Crippen LogP contribution in [0.3, 0.4) is 0 Å². The molecule has 0 aromatic heterocycles. The minimum Gasteiger partial charge on any atom is -0.465 e. The lowest BCUT2D eigenvalue weighted by Gasteiger charge is -2.35. The number of esters is 1. The van der Waals surface area contributed by atoms with E-state index >= 15 is 0 Å². The SMILES string of the molecule is CCOC(=O)[C@]1(c2ccccc2)C[C@@H]2CC[C@H]1C2. The van der Waals surface area contributed by atoms with Crippen LogP contribution in [0.2, 0.25) is 0 Å². The molecular formula is C16H20O2. The molecule has 0 N–H and O–H groups in total. The Morgan fingerprint density at radius 1 is 1.33 bits per heavy atom. The van der Waals surface area contributed by atoms with Gasteiger partial charge in [-0.2, -0.15) is 0 Å². The van der Waals surface area contributed by atoms with E-state index in [1.54, 1.807) is 0 Å². The van der Waals surface area contributed by atoms with Gasteiger partial charge in [-0.15, -0.1) is 0 Å². The maximum absolute atomic E-state index is 12.5. The van der Waals surface area contributed by atoms with Crippen LogP contribution in [-0.2, 0) is 14.9 Å². The Labute approximate surface area is 108 Å². The van der Waals surface area contributed by atoms with Crippen molar-refractivity contribution < 1.29 is 9.53 Å². The first kappa shape index (κ1) is 11.8. The first-order valence-electron chi connectivity index (χ1n) is 7.00. The van der Waals surface area contributed by atoms with E-state index in [2.05, 4.69) is 12.1 Å². The Bertz CT molecular complexity index is 440. The third kappa shape index (κ3) is 1.58. The van der Waals surface area contributed by atoms with Gasteiger partial charge in [0.1, 0.15) is 0 Å². The van der Waals surface area contributed by atoms with Crippen molar-refractivity contribution in [3.8, 4) is 0 Å². The molecule has 2 heteroatoms. The van der Waals surface area contributed by atoms with Gasteiger partial charge in [0.05, 0.1) is 12.0 Å². The highest BCUT2D eigenvalue weighted by Crippen LogP contribution is 2.57. The molecule has 2 nitrogen and oxygen atoms in total. The van der Waals surface area contributed by atoms with Gasteiger partial charge in [-0.3, -0.25) is 4.79 Å². The van der Waals surface area contributed by atoms with E-state index in [1.165, 1.54) is 19.3 Å². The van der Waals surface area contributed by atoms with Crippen molar-refractivity contribution in [2.75, 3.05) is 6.61 Å². The van der Waals surface area contributed by atoms with Crippen molar-refractivity contribution in [1.29, 1.82) is 0 Å². The molecule has 2 bridgehead atoms. The second-order valence-corrected chi connectivity index (χ2v) is 5.64. The fraction of sp³-hybridized carbons (Fsp3) is 0.562. The van der Waals surface area contributed by atoms with Gasteiger partial charge in [-0.05, 0) is 43.6 Å². The molecular weight excluding hydrogens is 224 g/mol. The molecule has 0 amide bonds. The van der Waals surface area contributed by atoms with Gasteiger partial charge in [0.15, 0.2) is 0 Å². The summed E-state index contributed by atoms with van der Waals surface area (Å²) in [6, 6.07) is 10.3. The standard InChI is InChI=1S/C16H20O2/c1-2-18-15(17)16(13-6-4-3-5-7-13)11-12-8-9-14(16)10-12/h3-7,12,14H,2,8-11H2,1H3/t12-,14+,16+/m1/s1. The Hall–Kier alpha value is -1.31. The molecule has 1 aromatic rings. The predicted octanol–water partition coefficient (Wildman–Crippen LogP) is 3.31. The van der Waals surface area contributed by atoms with Crippen LogP contribution in [0.25, 0.3) is 0 Å². The Morgan fingerprint density at radius 2 is 2.11 bits per heavy atom. The molecule has 0 spiro atoms. The van der Waals surface area contributed by atoms with Crippen LogP contribution >= 0.6 is 0 Å². The number of rotatable bonds is 3. The molecule has 0 unspecified atom stereocenters. The van der Waals surface area contributed by atoms with Gasteiger partial charge in [0.2, 0.25) is 0 Å². The number of ether oxygens (including phenoxy) is 1. The summed E-state index contributed by atoms with van der Waals surface area (Å²) in [5.41, 5.74) is 0.816. The number of carbonyl (C=O) groups is 1. The quantitative estimate of drug-likeness (QED) is 0.762. The number of hydrogen-bond donors (Lipinski definition) is 0. The molecule has 0 radical (unpaired) electrons. The van der Waals surface area contributed by atoms with Crippen LogP contribution in [0, 0.1) is 11.8 Å². The summed E-state index contributed by atoms with van der Waals surface area (Å²) in [7, 11) is 0. The molecule has 1 aromatic carbocycles. The number of fused-ring (bicyclic) bond motifs is 2. The van der Waals surface area contributed by atoms with Gasteiger partial charge in [-0.1, -0.05) is 36.8 Å². The highest BCUT2D eigenvalue weighted by atomic mass is 16.5. The molecule has 2 fully saturated rings. The summed E-state index contributed by atoms with van der Waals surface area (Å²) in [4.78, 5) is 12.5. The van der Waals surface area contributed by atoms with Gasteiger partial charge in [0, 0.05) is 0 Å². The lowest BCUT2D eigenvalue weighted by Crippen LogP contribution is -2.42. The van der Waals surface area contributed by atoms with Crippen LogP contribution in [0.5, 0.6) is 0 Å². The topological polar surface area (TPSA) is 26.3 Å². The highest BCUT2D eigenvalue weighted by molar-refractivity contribution is 5.84. The largest absolute Gasteiger partial charge is 0.465 e. The van der Waals surface area contributed by atoms with Gasteiger partial charge >= 0.3 is 5.97 Å². The minimum atomic E-state index is -0.347. The number of benzene rings is 1. The van der Waals surface area contributed by atoms with E-state index < -0.39 is 0 Å². The van der Waals surface area contributed by atoms with E-state index in [1.807, 2.05) is 25.1 Å². The molecule has 3 atom stereocenters. The first-order chi connectivity index (χ1) is 8.77. The van der Waals surface area contributed by atoms with Crippen LogP contribution in [0.1, 0.15) is 38.2 Å². The molecule has 3 rings (SSSR count). The van der Waals surface area contributed by atoms with Crippen LogP contribution < -0.4 is 0 Å². The van der Waals surface area contributed by atoms with E-state index in [4.69, 9.17) is 4.74 Å². The average molecular weight is 244 g/mol. The normalized spacial score (nSPS) is 33.6. The first-order valence-corrected chi connectivity index (χ1v) is 7.00. The third-order valence-electron chi connectivity index (χ3n) is 4.78. The molecule has 18 heavy (non-hydrogen) atoms. The van der Waals surface area contributed by atoms with Crippen molar-refractivity contribution >= 4 is 5.97 Å². The molecule has 2 aliphatic carbocycles. The summed E-state index contributed by atoms with van der Waals surface area (Å²) in [6.45, 7) is 2.37. The van der Waals surface area contributed by atoms with Crippen molar-refractivity contribution in [1.82, 2.24) is 0 Å². The number of hydrogen-bond acceptors (Lipinski definition) is 2. The van der Waals surface area contributed by atoms with Crippen molar-refractivity contribution in [2.24, 2.45) is 11.8 Å². The second kappa shape index (κ2) is 4.42. The molecule has 96 valence electrons. The summed E-state index contributed by atoms with van der Waals surface area (Å²) in [6.07, 6.45) is 4.66. The van der Waals surface area contributed by atoms with Crippen LogP contribution in [0.4, 0.5) is 0 Å². The lowest BCUT2D eigenvalue weighted by atomic mass is 9.68. The zero-order chi connectivity index (χ0) is 12.6. The van der Waals surface area contributed by atoms with Crippen LogP contribution in [-0.4, -0.2) is 12.6 Å². The van der Waals surface area contributed by atoms with E-state index in [9.17, 15) is 4.79 Å². The molecule has 0 aliphatic heterocycles. The van der Waals surface area contributed by atoms with Crippen molar-refractivity contribution in [3.05, 3.63) is 35.9 Å². The zero-order valence-electron chi connectivity index (χ0n) is 10.9. The summed E-state index contributed by atoms with van der Waals surface area (Å²) >= 11 is 0. The monoisotopic (exact) mass is 244 g/mol. The summed E-state index contributed by atoms with van der Waals surface area (Å²) < 4.78 is 5.40. The second-order valence-electron chi connectivity index (χ2n) is 5.64. The lowest BCUT2D eigenvalue weighted by molar-refractivity contribution is -0.152. The van der Waals surface area contributed by atoms with E-state index in [-0.39, 0.29) is 11.4 Å². The van der Waals surface area contributed by atoms with E-state index in [0.29, 0.717) is 12.5 Å². The van der Waals surface area contributed by atoms with Crippen molar-refractivity contribution in [2.45, 2.75) is 38.0 Å². The highest BCUT2D eigenvalue weighted by Gasteiger charge is 2.57.